The van der Waals surface area contributed by atoms with Crippen LogP contribution < -0.4 is 15.5 Å². The predicted molar refractivity (Wildman–Crippen MR) is 133 cm³/mol. The Morgan fingerprint density at radius 2 is 1.73 bits per heavy atom. The number of carbonyl (C=O) groups excluding carboxylic acids is 1. The monoisotopic (exact) mass is 524 g/mol. The highest BCUT2D eigenvalue weighted by Crippen LogP contribution is 2.32. The minimum Gasteiger partial charge on any atom is -0.378 e. The third-order valence-electron chi connectivity index (χ3n) is 4.54. The van der Waals surface area contributed by atoms with Crippen molar-refractivity contribution in [2.75, 3.05) is 47.6 Å². The van der Waals surface area contributed by atoms with E-state index in [0.29, 0.717) is 64.1 Å². The number of anilines is 4. The number of benzene rings is 2. The average molecular weight is 526 g/mol. The minimum atomic E-state index is -0.286. The van der Waals surface area contributed by atoms with Gasteiger partial charge < -0.3 is 20.3 Å². The van der Waals surface area contributed by atoms with Crippen LogP contribution in [0.3, 0.4) is 0 Å². The molecule has 1 aliphatic heterocycles. The quantitative estimate of drug-likeness (QED) is 0.323. The summed E-state index contributed by atoms with van der Waals surface area (Å²) >= 11 is 19.3. The zero-order valence-electron chi connectivity index (χ0n) is 17.2. The van der Waals surface area contributed by atoms with Crippen molar-refractivity contribution in [1.29, 1.82) is 0 Å². The van der Waals surface area contributed by atoms with Crippen LogP contribution in [0.25, 0.3) is 0 Å². The van der Waals surface area contributed by atoms with Crippen LogP contribution in [0.15, 0.2) is 47.6 Å². The van der Waals surface area contributed by atoms with Crippen molar-refractivity contribution in [1.82, 2.24) is 15.0 Å². The summed E-state index contributed by atoms with van der Waals surface area (Å²) in [6.45, 7) is 2.55. The maximum absolute atomic E-state index is 12.5. The molecule has 2 N–H and O–H groups in total. The molecule has 0 aliphatic carbocycles. The van der Waals surface area contributed by atoms with Gasteiger partial charge in [-0.2, -0.15) is 15.0 Å². The molecular formula is C21H19Cl3N6O2S. The van der Waals surface area contributed by atoms with Gasteiger partial charge in [-0.15, -0.1) is 0 Å². The first-order valence-corrected chi connectivity index (χ1v) is 12.1. The Hall–Kier alpha value is -2.30. The van der Waals surface area contributed by atoms with Gasteiger partial charge in [0.05, 0.1) is 39.7 Å². The van der Waals surface area contributed by atoms with Gasteiger partial charge in [0.2, 0.25) is 17.8 Å². The van der Waals surface area contributed by atoms with Crippen molar-refractivity contribution in [3.8, 4) is 0 Å². The second-order valence-corrected chi connectivity index (χ2v) is 9.08. The van der Waals surface area contributed by atoms with Gasteiger partial charge in [-0.1, -0.05) is 64.8 Å². The Kier molecular flexibility index (Phi) is 8.11. The molecule has 0 spiro atoms. The van der Waals surface area contributed by atoms with Crippen LogP contribution in [-0.4, -0.2) is 52.9 Å². The molecule has 0 unspecified atom stereocenters. The van der Waals surface area contributed by atoms with Gasteiger partial charge in [0.1, 0.15) is 0 Å². The molecule has 0 atom stereocenters. The van der Waals surface area contributed by atoms with E-state index in [4.69, 9.17) is 39.5 Å². The molecular weight excluding hydrogens is 507 g/mol. The van der Waals surface area contributed by atoms with Gasteiger partial charge in [-0.05, 0) is 24.3 Å². The molecule has 2 heterocycles. The first kappa shape index (κ1) is 23.8. The smallest absolute Gasteiger partial charge is 0.234 e. The molecule has 8 nitrogen and oxygen atoms in total. The maximum Gasteiger partial charge on any atom is 0.234 e. The summed E-state index contributed by atoms with van der Waals surface area (Å²) in [6.07, 6.45) is 0. The normalized spacial score (nSPS) is 13.6. The Balaban J connectivity index is 1.49. The first-order valence-electron chi connectivity index (χ1n) is 9.96. The number of aromatic nitrogens is 3. The van der Waals surface area contributed by atoms with Crippen molar-refractivity contribution < 1.29 is 9.53 Å². The summed E-state index contributed by atoms with van der Waals surface area (Å²) in [5.74, 6) is 0.704. The minimum absolute atomic E-state index is 0.0634. The molecule has 172 valence electrons. The standard InChI is InChI=1S/C21H19Cl3N6O2S/c22-14-10-16(24)17(11-15(14)23)26-18(31)12-33-21-28-19(25-13-4-2-1-3-5-13)27-20(29-21)30-6-8-32-9-7-30/h1-5,10-11H,6-9,12H2,(H,26,31)(H,25,27,28,29). The van der Waals surface area contributed by atoms with Crippen LogP contribution in [0.5, 0.6) is 0 Å². The van der Waals surface area contributed by atoms with Gasteiger partial charge in [0, 0.05) is 18.8 Å². The second-order valence-electron chi connectivity index (χ2n) is 6.92. The van der Waals surface area contributed by atoms with Crippen LogP contribution in [0.2, 0.25) is 15.1 Å². The van der Waals surface area contributed by atoms with Crippen molar-refractivity contribution in [2.24, 2.45) is 0 Å². The number of nitrogens with one attached hydrogen (secondary N) is 2. The van der Waals surface area contributed by atoms with E-state index in [1.807, 2.05) is 35.2 Å². The maximum atomic E-state index is 12.5. The summed E-state index contributed by atoms with van der Waals surface area (Å²) in [6, 6.07) is 12.6. The first-order chi connectivity index (χ1) is 16.0. The fraction of sp³-hybridized carbons (Fsp3) is 0.238. The molecule has 1 amide bonds. The molecule has 1 saturated heterocycles. The van der Waals surface area contributed by atoms with Crippen molar-refractivity contribution in [3.05, 3.63) is 57.5 Å². The SMILES string of the molecule is O=C(CSc1nc(Nc2ccccc2)nc(N2CCOCC2)n1)Nc1cc(Cl)c(Cl)cc1Cl. The van der Waals surface area contributed by atoms with E-state index in [-0.39, 0.29) is 11.7 Å². The zero-order valence-corrected chi connectivity index (χ0v) is 20.3. The van der Waals surface area contributed by atoms with Crippen molar-refractivity contribution in [2.45, 2.75) is 5.16 Å². The Bertz CT molecular complexity index is 1130. The number of halogens is 3. The number of ether oxygens (including phenoxy) is 1. The lowest BCUT2D eigenvalue weighted by Crippen LogP contribution is -2.37. The Morgan fingerprint density at radius 1 is 1.00 bits per heavy atom. The average Bonchev–Trinajstić information content (AvgIpc) is 2.82. The number of morpholine rings is 1. The van der Waals surface area contributed by atoms with E-state index >= 15 is 0 Å². The topological polar surface area (TPSA) is 92.3 Å². The van der Waals surface area contributed by atoms with Crippen molar-refractivity contribution in [3.63, 3.8) is 0 Å². The van der Waals surface area contributed by atoms with E-state index in [1.165, 1.54) is 23.9 Å². The Morgan fingerprint density at radius 3 is 2.48 bits per heavy atom. The van der Waals surface area contributed by atoms with E-state index in [2.05, 4.69) is 25.6 Å². The van der Waals surface area contributed by atoms with E-state index in [9.17, 15) is 4.79 Å². The molecule has 1 aliphatic rings. The molecule has 1 fully saturated rings. The number of rotatable bonds is 7. The summed E-state index contributed by atoms with van der Waals surface area (Å²) in [5.41, 5.74) is 1.23. The fourth-order valence-corrected chi connectivity index (χ4v) is 4.18. The third-order valence-corrected chi connectivity index (χ3v) is 6.43. The Labute approximate surface area is 210 Å². The van der Waals surface area contributed by atoms with Crippen molar-refractivity contribution >= 4 is 75.7 Å². The van der Waals surface area contributed by atoms with Crippen LogP contribution in [0, 0.1) is 0 Å². The molecule has 4 rings (SSSR count). The number of carbonyl (C=O) groups is 1. The van der Waals surface area contributed by atoms with Gasteiger partial charge in [0.25, 0.3) is 0 Å². The number of thioether (sulfide) groups is 1. The molecule has 2 aromatic carbocycles. The summed E-state index contributed by atoms with van der Waals surface area (Å²) in [7, 11) is 0. The fourth-order valence-electron chi connectivity index (χ4n) is 2.96. The largest absolute Gasteiger partial charge is 0.378 e. The van der Waals surface area contributed by atoms with Crippen LogP contribution in [0.1, 0.15) is 0 Å². The van der Waals surface area contributed by atoms with Crippen LogP contribution >= 0.6 is 46.6 Å². The molecule has 1 aromatic heterocycles. The number of amides is 1. The predicted octanol–water partition coefficient (Wildman–Crippen LogP) is 5.14. The second kappa shape index (κ2) is 11.2. The van der Waals surface area contributed by atoms with Gasteiger partial charge in [-0.25, -0.2) is 0 Å². The number of para-hydroxylation sites is 1. The van der Waals surface area contributed by atoms with E-state index in [0.717, 1.165) is 5.69 Å². The summed E-state index contributed by atoms with van der Waals surface area (Å²) in [5, 5.41) is 7.25. The lowest BCUT2D eigenvalue weighted by atomic mass is 10.3. The highest BCUT2D eigenvalue weighted by Gasteiger charge is 2.18. The summed E-state index contributed by atoms with van der Waals surface area (Å²) in [4.78, 5) is 28.1. The molecule has 0 bridgehead atoms. The van der Waals surface area contributed by atoms with Crippen LogP contribution in [-0.2, 0) is 9.53 Å². The number of nitrogens with zero attached hydrogens (tertiary/aromatic N) is 4. The molecule has 33 heavy (non-hydrogen) atoms. The molecule has 0 saturated carbocycles. The van der Waals surface area contributed by atoms with Gasteiger partial charge >= 0.3 is 0 Å². The molecule has 0 radical (unpaired) electrons. The number of hydrogen-bond acceptors (Lipinski definition) is 8. The van der Waals surface area contributed by atoms with Crippen LogP contribution in [0.4, 0.5) is 23.3 Å². The van der Waals surface area contributed by atoms with E-state index in [1.54, 1.807) is 0 Å². The third kappa shape index (κ3) is 6.61. The number of hydrogen-bond donors (Lipinski definition) is 2. The molecule has 3 aromatic rings. The lowest BCUT2D eigenvalue weighted by molar-refractivity contribution is -0.113. The highest BCUT2D eigenvalue weighted by atomic mass is 35.5. The van der Waals surface area contributed by atoms with Gasteiger partial charge in [0.15, 0.2) is 5.16 Å². The summed E-state index contributed by atoms with van der Waals surface area (Å²) < 4.78 is 5.42. The lowest BCUT2D eigenvalue weighted by Gasteiger charge is -2.27. The molecule has 12 heteroatoms. The van der Waals surface area contributed by atoms with E-state index < -0.39 is 0 Å². The zero-order chi connectivity index (χ0) is 23.2. The highest BCUT2D eigenvalue weighted by molar-refractivity contribution is 7.99. The van der Waals surface area contributed by atoms with Gasteiger partial charge in [-0.3, -0.25) is 4.79 Å².